The van der Waals surface area contributed by atoms with Crippen LogP contribution in [0.4, 0.5) is 0 Å². The Labute approximate surface area is 326 Å². The fourth-order valence-electron chi connectivity index (χ4n) is 7.95. The van der Waals surface area contributed by atoms with Crippen LogP contribution in [-0.4, -0.2) is 54.5 Å². The van der Waals surface area contributed by atoms with Crippen LogP contribution in [0, 0.1) is 11.8 Å². The van der Waals surface area contributed by atoms with Crippen LogP contribution in [0.2, 0.25) is 0 Å². The zero-order valence-electron chi connectivity index (χ0n) is 35.9. The fourth-order valence-corrected chi connectivity index (χ4v) is 7.95. The minimum Gasteiger partial charge on any atom is -0.395 e. The molecule has 0 aliphatic carbocycles. The third-order valence-electron chi connectivity index (χ3n) is 11.4. The van der Waals surface area contributed by atoms with E-state index in [1.54, 1.807) is 0 Å². The molecule has 0 aromatic heterocycles. The van der Waals surface area contributed by atoms with Gasteiger partial charge < -0.3 is 15.3 Å². The monoisotopic (exact) mass is 735 g/mol. The van der Waals surface area contributed by atoms with Gasteiger partial charge in [-0.2, -0.15) is 0 Å². The van der Waals surface area contributed by atoms with Crippen molar-refractivity contribution in [2.75, 3.05) is 32.8 Å². The van der Waals surface area contributed by atoms with Crippen LogP contribution >= 0.6 is 0 Å². The Hall–Kier alpha value is -0.940. The van der Waals surface area contributed by atoms with Crippen molar-refractivity contribution in [1.29, 1.82) is 0 Å². The third kappa shape index (κ3) is 36.1. The molecule has 2 unspecified atom stereocenters. The average molecular weight is 735 g/mol. The molecule has 0 radical (unpaired) electrons. The molecule has 0 saturated heterocycles. The average Bonchev–Trinajstić information content (AvgIpc) is 3.13. The molecule has 2 N–H and O–H groups in total. The number of aliphatic hydroxyl groups excluding tert-OH is 1. The standard InChI is InChI=1S/C47H94N2O3/c1-5-9-13-17-19-26-33-44(32-24-15-11-7-3)42-46(51)36-28-21-22-30-38-49(40-41-50)39-31-23-29-37-48-47(52)43-45(34-25-16-12-8-4)35-27-20-18-14-10-6-2/h44-45,50H,5-43H2,1-4H3,(H,48,52). The summed E-state index contributed by atoms with van der Waals surface area (Å²) in [7, 11) is 0. The number of unbranched alkanes of at least 4 members (excludes halogenated alkanes) is 21. The Morgan fingerprint density at radius 2 is 0.846 bits per heavy atom. The van der Waals surface area contributed by atoms with Crippen molar-refractivity contribution in [3.8, 4) is 0 Å². The Morgan fingerprint density at radius 3 is 1.33 bits per heavy atom. The second kappa shape index (κ2) is 41.2. The zero-order chi connectivity index (χ0) is 38.2. The molecular formula is C47H94N2O3. The van der Waals surface area contributed by atoms with Gasteiger partial charge in [0.2, 0.25) is 5.91 Å². The first-order chi connectivity index (χ1) is 25.5. The normalized spacial score (nSPS) is 12.8. The molecule has 0 aliphatic rings. The van der Waals surface area contributed by atoms with Crippen molar-refractivity contribution in [3.05, 3.63) is 0 Å². The van der Waals surface area contributed by atoms with Gasteiger partial charge in [-0.05, 0) is 63.5 Å². The molecule has 52 heavy (non-hydrogen) atoms. The summed E-state index contributed by atoms with van der Waals surface area (Å²) in [6.07, 6.45) is 41.3. The van der Waals surface area contributed by atoms with E-state index >= 15 is 0 Å². The number of carbonyl (C=O) groups excluding carboxylic acids is 2. The van der Waals surface area contributed by atoms with Gasteiger partial charge in [-0.25, -0.2) is 0 Å². The highest BCUT2D eigenvalue weighted by Crippen LogP contribution is 2.24. The van der Waals surface area contributed by atoms with Crippen LogP contribution in [0.1, 0.15) is 246 Å². The van der Waals surface area contributed by atoms with Crippen molar-refractivity contribution in [1.82, 2.24) is 10.2 Å². The van der Waals surface area contributed by atoms with E-state index in [1.807, 2.05) is 0 Å². The van der Waals surface area contributed by atoms with Gasteiger partial charge >= 0.3 is 0 Å². The van der Waals surface area contributed by atoms with Gasteiger partial charge in [0.25, 0.3) is 0 Å². The molecule has 1 amide bonds. The Balaban J connectivity index is 4.21. The summed E-state index contributed by atoms with van der Waals surface area (Å²) in [5, 5.41) is 12.9. The number of aliphatic hydroxyl groups is 1. The van der Waals surface area contributed by atoms with Crippen LogP contribution < -0.4 is 5.32 Å². The summed E-state index contributed by atoms with van der Waals surface area (Å²) < 4.78 is 0. The lowest BCUT2D eigenvalue weighted by atomic mass is 9.89. The van der Waals surface area contributed by atoms with Crippen molar-refractivity contribution in [3.63, 3.8) is 0 Å². The quantitative estimate of drug-likeness (QED) is 0.0612. The smallest absolute Gasteiger partial charge is 0.220 e. The molecule has 2 atom stereocenters. The molecule has 0 heterocycles. The number of carbonyl (C=O) groups is 2. The van der Waals surface area contributed by atoms with Crippen LogP contribution in [0.15, 0.2) is 0 Å². The maximum Gasteiger partial charge on any atom is 0.220 e. The van der Waals surface area contributed by atoms with Crippen molar-refractivity contribution in [2.24, 2.45) is 11.8 Å². The molecule has 0 saturated carbocycles. The Kier molecular flexibility index (Phi) is 40.5. The first-order valence-electron chi connectivity index (χ1n) is 23.6. The highest BCUT2D eigenvalue weighted by Gasteiger charge is 2.15. The summed E-state index contributed by atoms with van der Waals surface area (Å²) in [5.41, 5.74) is 0. The predicted octanol–water partition coefficient (Wildman–Crippen LogP) is 13.5. The van der Waals surface area contributed by atoms with Crippen LogP contribution in [0.5, 0.6) is 0 Å². The Bertz CT molecular complexity index is 686. The van der Waals surface area contributed by atoms with E-state index in [0.717, 1.165) is 84.0 Å². The highest BCUT2D eigenvalue weighted by molar-refractivity contribution is 5.78. The molecule has 5 nitrogen and oxygen atoms in total. The van der Waals surface area contributed by atoms with Gasteiger partial charge in [-0.3, -0.25) is 9.59 Å². The Morgan fingerprint density at radius 1 is 0.462 bits per heavy atom. The van der Waals surface area contributed by atoms with Gasteiger partial charge in [-0.1, -0.05) is 188 Å². The van der Waals surface area contributed by atoms with Crippen LogP contribution in [0.25, 0.3) is 0 Å². The summed E-state index contributed by atoms with van der Waals surface area (Å²) in [4.78, 5) is 28.1. The number of nitrogens with one attached hydrogen (secondary N) is 1. The van der Waals surface area contributed by atoms with Crippen molar-refractivity contribution < 1.29 is 14.7 Å². The second-order valence-corrected chi connectivity index (χ2v) is 16.6. The van der Waals surface area contributed by atoms with Gasteiger partial charge in [-0.15, -0.1) is 0 Å². The van der Waals surface area contributed by atoms with E-state index in [1.165, 1.54) is 154 Å². The molecule has 5 heteroatoms. The molecule has 0 fully saturated rings. The van der Waals surface area contributed by atoms with E-state index in [9.17, 15) is 14.7 Å². The zero-order valence-corrected chi connectivity index (χ0v) is 35.9. The number of Topliss-reactive ketones (excluding diaryl/α,β-unsaturated/α-hetero) is 1. The predicted molar refractivity (Wildman–Crippen MR) is 228 cm³/mol. The minimum atomic E-state index is 0.210. The first-order valence-corrected chi connectivity index (χ1v) is 23.6. The van der Waals surface area contributed by atoms with E-state index in [4.69, 9.17) is 0 Å². The number of amides is 1. The molecule has 0 bridgehead atoms. The molecule has 0 aliphatic heterocycles. The SMILES string of the molecule is CCCCCCCCC(CCCCCC)CC(=O)CCCCCCN(CCO)CCCCCNC(=O)CC(CCCCCC)CCCCCCCC. The first kappa shape index (κ1) is 51.1. The topological polar surface area (TPSA) is 69.6 Å². The van der Waals surface area contributed by atoms with E-state index in [-0.39, 0.29) is 12.5 Å². The molecular weight excluding hydrogens is 641 g/mol. The van der Waals surface area contributed by atoms with Crippen LogP contribution in [-0.2, 0) is 9.59 Å². The van der Waals surface area contributed by atoms with E-state index in [2.05, 4.69) is 37.9 Å². The van der Waals surface area contributed by atoms with E-state index in [0.29, 0.717) is 24.0 Å². The van der Waals surface area contributed by atoms with Gasteiger partial charge in [0, 0.05) is 32.4 Å². The molecule has 0 aromatic rings. The largest absolute Gasteiger partial charge is 0.395 e. The second-order valence-electron chi connectivity index (χ2n) is 16.6. The molecule has 0 aromatic carbocycles. The molecule has 0 spiro atoms. The number of rotatable bonds is 43. The molecule has 310 valence electrons. The number of ketones is 1. The van der Waals surface area contributed by atoms with Crippen LogP contribution in [0.3, 0.4) is 0 Å². The van der Waals surface area contributed by atoms with Crippen molar-refractivity contribution >= 4 is 11.7 Å². The van der Waals surface area contributed by atoms with Gasteiger partial charge in [0.05, 0.1) is 6.61 Å². The maximum absolute atomic E-state index is 12.9. The number of hydrogen-bond acceptors (Lipinski definition) is 4. The summed E-state index contributed by atoms with van der Waals surface area (Å²) in [6, 6.07) is 0. The third-order valence-corrected chi connectivity index (χ3v) is 11.4. The molecule has 0 rings (SSSR count). The summed E-state index contributed by atoms with van der Waals surface area (Å²) in [5.74, 6) is 1.91. The van der Waals surface area contributed by atoms with Gasteiger partial charge in [0.15, 0.2) is 0 Å². The van der Waals surface area contributed by atoms with Gasteiger partial charge in [0.1, 0.15) is 5.78 Å². The van der Waals surface area contributed by atoms with Crippen molar-refractivity contribution in [2.45, 2.75) is 246 Å². The fraction of sp³-hybridized carbons (Fsp3) is 0.957. The van der Waals surface area contributed by atoms with E-state index < -0.39 is 0 Å². The highest BCUT2D eigenvalue weighted by atomic mass is 16.3. The lowest BCUT2D eigenvalue weighted by molar-refractivity contribution is -0.122. The summed E-state index contributed by atoms with van der Waals surface area (Å²) in [6.45, 7) is 12.9. The summed E-state index contributed by atoms with van der Waals surface area (Å²) >= 11 is 0. The lowest BCUT2D eigenvalue weighted by Gasteiger charge is -2.21. The maximum atomic E-state index is 12.9. The minimum absolute atomic E-state index is 0.210. The number of nitrogens with zero attached hydrogens (tertiary/aromatic N) is 1. The lowest BCUT2D eigenvalue weighted by Crippen LogP contribution is -2.29. The number of hydrogen-bond donors (Lipinski definition) is 2.